The molecule has 9 heteroatoms. The van der Waals surface area contributed by atoms with Crippen molar-refractivity contribution >= 4 is 53.4 Å². The van der Waals surface area contributed by atoms with Crippen molar-refractivity contribution < 1.29 is 14.5 Å². The zero-order chi connectivity index (χ0) is 22.0. The number of benzene rings is 2. The summed E-state index contributed by atoms with van der Waals surface area (Å²) >= 11 is 3.59. The summed E-state index contributed by atoms with van der Waals surface area (Å²) in [6.07, 6.45) is 1.23. The lowest BCUT2D eigenvalue weighted by atomic mass is 10.3. The molecule has 2 aliphatic heterocycles. The number of aromatic nitrogens is 2. The number of thiazole rings is 2. The van der Waals surface area contributed by atoms with E-state index < -0.39 is 0 Å². The first-order valence-corrected chi connectivity index (χ1v) is 13.4. The van der Waals surface area contributed by atoms with Crippen LogP contribution < -0.4 is 19.6 Å². The smallest absolute Gasteiger partial charge is 0.192 e. The molecule has 7 nitrogen and oxygen atoms in total. The minimum absolute atomic E-state index is 0.831. The Labute approximate surface area is 201 Å². The van der Waals surface area contributed by atoms with Crippen molar-refractivity contribution in [1.29, 1.82) is 0 Å². The molecule has 6 rings (SSSR count). The number of hydrogen-bond acceptors (Lipinski definition) is 7. The molecule has 33 heavy (non-hydrogen) atoms. The summed E-state index contributed by atoms with van der Waals surface area (Å²) in [6, 6.07) is 16.9. The highest BCUT2D eigenvalue weighted by Gasteiger charge is 2.30. The summed E-state index contributed by atoms with van der Waals surface area (Å²) in [7, 11) is 0. The molecular formula is C24H30N6OS2+2. The van der Waals surface area contributed by atoms with E-state index in [1.807, 2.05) is 0 Å². The molecule has 0 saturated carbocycles. The van der Waals surface area contributed by atoms with Crippen LogP contribution in [0.2, 0.25) is 0 Å². The van der Waals surface area contributed by atoms with Crippen molar-refractivity contribution in [1.82, 2.24) is 9.97 Å². The van der Waals surface area contributed by atoms with Gasteiger partial charge in [-0.15, -0.1) is 0 Å². The maximum Gasteiger partial charge on any atom is 0.192 e. The third kappa shape index (κ3) is 4.69. The molecule has 0 unspecified atom stereocenters. The number of ether oxygens (including phenoxy) is 1. The molecule has 2 fully saturated rings. The monoisotopic (exact) mass is 482 g/mol. The minimum Gasteiger partial charge on any atom is -0.370 e. The SMILES string of the molecule is c1ccc2sc(N3CN(c4nc5ccccc5s4)C[NH+](CCC[NH+]4CCOCC4)C3)nc2c1. The Kier molecular flexibility index (Phi) is 6.13. The highest BCUT2D eigenvalue weighted by Crippen LogP contribution is 2.31. The molecule has 2 saturated heterocycles. The molecule has 2 N–H and O–H groups in total. The summed E-state index contributed by atoms with van der Waals surface area (Å²) in [5, 5.41) is 2.22. The molecular weight excluding hydrogens is 452 g/mol. The maximum atomic E-state index is 5.52. The topological polar surface area (TPSA) is 50.4 Å². The largest absolute Gasteiger partial charge is 0.370 e. The minimum atomic E-state index is 0.831. The van der Waals surface area contributed by atoms with Crippen LogP contribution in [0.5, 0.6) is 0 Å². The fourth-order valence-corrected chi connectivity index (χ4v) is 6.71. The number of rotatable bonds is 6. The molecule has 0 atom stereocenters. The fraction of sp³-hybridized carbons (Fsp3) is 0.417. The third-order valence-electron chi connectivity index (χ3n) is 6.54. The molecule has 0 aliphatic carbocycles. The second-order valence-corrected chi connectivity index (χ2v) is 10.9. The standard InChI is InChI=1S/C24H28N6OS2/c1-3-8-21-19(6-1)25-23(32-21)29-16-28(11-5-10-27-12-14-31-15-13-27)17-30(18-29)24-26-20-7-2-4-9-22(20)33-24/h1-4,6-9H,5,10-18H2/p+2. The lowest BCUT2D eigenvalue weighted by Crippen LogP contribution is -3.18. The van der Waals surface area contributed by atoms with Crippen molar-refractivity contribution in [2.24, 2.45) is 0 Å². The van der Waals surface area contributed by atoms with Crippen molar-refractivity contribution in [3.05, 3.63) is 48.5 Å². The lowest BCUT2D eigenvalue weighted by molar-refractivity contribution is -0.924. The predicted octanol–water partition coefficient (Wildman–Crippen LogP) is 1.30. The van der Waals surface area contributed by atoms with Gasteiger partial charge in [0.15, 0.2) is 23.6 Å². The van der Waals surface area contributed by atoms with Gasteiger partial charge in [0.25, 0.3) is 0 Å². The Balaban J connectivity index is 1.22. The average Bonchev–Trinajstić information content (AvgIpc) is 3.49. The predicted molar refractivity (Wildman–Crippen MR) is 136 cm³/mol. The van der Waals surface area contributed by atoms with E-state index in [4.69, 9.17) is 14.7 Å². The van der Waals surface area contributed by atoms with Crippen molar-refractivity contribution in [3.63, 3.8) is 0 Å². The summed E-state index contributed by atoms with van der Waals surface area (Å²) in [6.45, 7) is 9.29. The molecule has 4 heterocycles. The van der Waals surface area contributed by atoms with E-state index >= 15 is 0 Å². The van der Waals surface area contributed by atoms with Gasteiger partial charge >= 0.3 is 0 Å². The number of para-hydroxylation sites is 2. The Hall–Kier alpha value is -2.30. The van der Waals surface area contributed by atoms with E-state index in [1.54, 1.807) is 32.5 Å². The van der Waals surface area contributed by atoms with E-state index in [-0.39, 0.29) is 0 Å². The van der Waals surface area contributed by atoms with E-state index in [0.29, 0.717) is 0 Å². The van der Waals surface area contributed by atoms with Gasteiger partial charge in [0.2, 0.25) is 0 Å². The highest BCUT2D eigenvalue weighted by atomic mass is 32.1. The number of nitrogens with zero attached hydrogens (tertiary/aromatic N) is 4. The molecule has 2 aromatic heterocycles. The van der Waals surface area contributed by atoms with Crippen LogP contribution in [0.4, 0.5) is 10.3 Å². The highest BCUT2D eigenvalue weighted by molar-refractivity contribution is 7.22. The number of anilines is 2. The molecule has 0 amide bonds. The number of hydrogen-bond donors (Lipinski definition) is 2. The zero-order valence-electron chi connectivity index (χ0n) is 18.7. The van der Waals surface area contributed by atoms with Crippen LogP contribution in [0.1, 0.15) is 6.42 Å². The average molecular weight is 483 g/mol. The van der Waals surface area contributed by atoms with Gasteiger partial charge in [-0.3, -0.25) is 9.80 Å². The number of fused-ring (bicyclic) bond motifs is 2. The Bertz CT molecular complexity index is 1070. The normalized spacial score (nSPS) is 18.5. The third-order valence-corrected chi connectivity index (χ3v) is 8.73. The van der Waals surface area contributed by atoms with Crippen LogP contribution in [0.25, 0.3) is 20.4 Å². The van der Waals surface area contributed by atoms with Crippen molar-refractivity contribution in [2.45, 2.75) is 6.42 Å². The molecule has 0 radical (unpaired) electrons. The quantitative estimate of drug-likeness (QED) is 0.434. The van der Waals surface area contributed by atoms with E-state index in [9.17, 15) is 0 Å². The summed E-state index contributed by atoms with van der Waals surface area (Å²) in [5.41, 5.74) is 2.18. The van der Waals surface area contributed by atoms with Gasteiger partial charge < -0.3 is 14.5 Å². The number of quaternary nitrogens is 2. The summed E-state index contributed by atoms with van der Waals surface area (Å²) in [4.78, 5) is 18.1. The lowest BCUT2D eigenvalue weighted by Gasteiger charge is -2.39. The first-order valence-electron chi connectivity index (χ1n) is 11.8. The van der Waals surface area contributed by atoms with Crippen LogP contribution in [0.15, 0.2) is 48.5 Å². The van der Waals surface area contributed by atoms with Gasteiger partial charge in [0.1, 0.15) is 19.8 Å². The molecule has 4 aromatic rings. The maximum absolute atomic E-state index is 5.52. The van der Waals surface area contributed by atoms with E-state index in [1.165, 1.54) is 22.4 Å². The summed E-state index contributed by atoms with van der Waals surface area (Å²) in [5.74, 6) is 0. The number of nitrogens with one attached hydrogen (secondary N) is 2. The molecule has 0 spiro atoms. The van der Waals surface area contributed by atoms with Crippen LogP contribution in [0.3, 0.4) is 0 Å². The second-order valence-electron chi connectivity index (χ2n) is 8.93. The van der Waals surface area contributed by atoms with Crippen molar-refractivity contribution in [3.8, 4) is 0 Å². The number of morpholine rings is 1. The molecule has 172 valence electrons. The van der Waals surface area contributed by atoms with Crippen LogP contribution in [-0.2, 0) is 4.74 Å². The van der Waals surface area contributed by atoms with Crippen molar-refractivity contribution in [2.75, 3.05) is 69.2 Å². The van der Waals surface area contributed by atoms with Gasteiger partial charge in [0, 0.05) is 6.42 Å². The van der Waals surface area contributed by atoms with Gasteiger partial charge in [-0.05, 0) is 24.3 Å². The zero-order valence-corrected chi connectivity index (χ0v) is 20.3. The van der Waals surface area contributed by atoms with E-state index in [2.05, 4.69) is 58.3 Å². The van der Waals surface area contributed by atoms with Gasteiger partial charge in [-0.1, -0.05) is 46.9 Å². The van der Waals surface area contributed by atoms with E-state index in [0.717, 1.165) is 74.2 Å². The first kappa shape index (κ1) is 21.2. The van der Waals surface area contributed by atoms with Gasteiger partial charge in [-0.25, -0.2) is 9.97 Å². The Morgan fingerprint density at radius 2 is 1.30 bits per heavy atom. The van der Waals surface area contributed by atoms with Crippen LogP contribution in [0, 0.1) is 0 Å². The van der Waals surface area contributed by atoms with Crippen LogP contribution in [-0.4, -0.2) is 69.4 Å². The summed E-state index contributed by atoms with van der Waals surface area (Å²) < 4.78 is 8.02. The molecule has 0 bridgehead atoms. The fourth-order valence-electron chi connectivity index (χ4n) is 4.80. The van der Waals surface area contributed by atoms with Crippen LogP contribution >= 0.6 is 22.7 Å². The Morgan fingerprint density at radius 3 is 1.88 bits per heavy atom. The second kappa shape index (κ2) is 9.52. The van der Waals surface area contributed by atoms with Gasteiger partial charge in [0.05, 0.1) is 46.7 Å². The Morgan fingerprint density at radius 1 is 0.758 bits per heavy atom. The molecule has 2 aliphatic rings. The van der Waals surface area contributed by atoms with Gasteiger partial charge in [-0.2, -0.15) is 0 Å². The molecule has 2 aromatic carbocycles. The first-order chi connectivity index (χ1) is 16.3.